The van der Waals surface area contributed by atoms with Gasteiger partial charge in [0.25, 0.3) is 0 Å². The summed E-state index contributed by atoms with van der Waals surface area (Å²) in [4.78, 5) is 4.27. The Morgan fingerprint density at radius 1 is 1.15 bits per heavy atom. The van der Waals surface area contributed by atoms with E-state index < -0.39 is 0 Å². The largest absolute Gasteiger partial charge is 0.507 e. The van der Waals surface area contributed by atoms with Gasteiger partial charge in [0.15, 0.2) is 5.82 Å². The first-order valence-electron chi connectivity index (χ1n) is 9.01. The molecular weight excluding hydrogens is 328 g/mol. The molecule has 6 nitrogen and oxygen atoms in total. The molecule has 0 saturated carbocycles. The molecule has 26 heavy (non-hydrogen) atoms. The van der Waals surface area contributed by atoms with Crippen LogP contribution in [0.5, 0.6) is 5.75 Å². The summed E-state index contributed by atoms with van der Waals surface area (Å²) in [6.45, 7) is 1.95. The lowest BCUT2D eigenvalue weighted by atomic mass is 9.95. The van der Waals surface area contributed by atoms with Crippen LogP contribution < -0.4 is 5.32 Å². The van der Waals surface area contributed by atoms with Gasteiger partial charge in [-0.05, 0) is 49.9 Å². The number of rotatable bonds is 3. The Kier molecular flexibility index (Phi) is 3.53. The van der Waals surface area contributed by atoms with Crippen molar-refractivity contribution in [3.63, 3.8) is 0 Å². The Morgan fingerprint density at radius 2 is 2.08 bits per heavy atom. The third-order valence-electron chi connectivity index (χ3n) is 5.42. The molecular formula is C20H20N4O2. The third kappa shape index (κ3) is 2.49. The minimum absolute atomic E-state index is 0.208. The number of phenols is 1. The van der Waals surface area contributed by atoms with Crippen LogP contribution >= 0.6 is 0 Å². The smallest absolute Gasteiger partial charge is 0.158 e. The summed E-state index contributed by atoms with van der Waals surface area (Å²) in [7, 11) is 0. The molecule has 0 radical (unpaired) electrons. The molecule has 1 aromatic carbocycles. The lowest BCUT2D eigenvalue weighted by molar-refractivity contribution is 0.102. The molecule has 2 bridgehead atoms. The highest BCUT2D eigenvalue weighted by molar-refractivity contribution is 6.00. The van der Waals surface area contributed by atoms with Crippen LogP contribution in [-0.2, 0) is 4.74 Å². The number of ether oxygens (including phenoxy) is 1. The Labute approximate surface area is 151 Å². The van der Waals surface area contributed by atoms with Crippen LogP contribution in [0.4, 0.5) is 5.82 Å². The van der Waals surface area contributed by atoms with Gasteiger partial charge < -0.3 is 15.2 Å². The van der Waals surface area contributed by atoms with Gasteiger partial charge in [-0.2, -0.15) is 0 Å². The van der Waals surface area contributed by atoms with Crippen LogP contribution in [0.1, 0.15) is 24.8 Å². The van der Waals surface area contributed by atoms with Gasteiger partial charge in [0.05, 0.1) is 18.2 Å². The van der Waals surface area contributed by atoms with Gasteiger partial charge >= 0.3 is 0 Å². The lowest BCUT2D eigenvalue weighted by Gasteiger charge is -2.21. The highest BCUT2D eigenvalue weighted by atomic mass is 16.5. The number of phenolic OH excluding ortho intramolecular Hbond substituents is 1. The zero-order valence-electron chi connectivity index (χ0n) is 14.5. The maximum Gasteiger partial charge on any atom is 0.158 e. The number of aromatic hydroxyl groups is 1. The first-order chi connectivity index (χ1) is 12.7. The average Bonchev–Trinajstić information content (AvgIpc) is 3.26. The van der Waals surface area contributed by atoms with E-state index in [0.29, 0.717) is 17.4 Å². The maximum absolute atomic E-state index is 10.4. The minimum Gasteiger partial charge on any atom is -0.507 e. The van der Waals surface area contributed by atoms with E-state index in [-0.39, 0.29) is 17.9 Å². The standard InChI is InChI=1S/C20H20N4O2/c1-11-2-4-14(17(25)8-11)19-13-6-7-21-10-15(13)20(24-23-19)22-16-9-12-3-5-18(16)26-12/h2,4,6-8,10,12,16,18,25H,3,5,9H2,1H3,(H,22,24). The number of aryl methyl sites for hydroxylation is 1. The summed E-state index contributed by atoms with van der Waals surface area (Å²) >= 11 is 0. The molecule has 2 aliphatic rings. The second-order valence-corrected chi connectivity index (χ2v) is 7.20. The summed E-state index contributed by atoms with van der Waals surface area (Å²) in [5.41, 5.74) is 2.34. The number of aromatic nitrogens is 3. The number of fused-ring (bicyclic) bond motifs is 3. The van der Waals surface area contributed by atoms with Crippen LogP contribution in [0.3, 0.4) is 0 Å². The molecule has 0 aliphatic carbocycles. The van der Waals surface area contributed by atoms with Gasteiger partial charge in [0.2, 0.25) is 0 Å². The fourth-order valence-electron chi connectivity index (χ4n) is 4.11. The van der Waals surface area contributed by atoms with Crippen molar-refractivity contribution < 1.29 is 9.84 Å². The Balaban J connectivity index is 1.58. The topological polar surface area (TPSA) is 80.2 Å². The first kappa shape index (κ1) is 15.5. The van der Waals surface area contributed by atoms with Crippen LogP contribution in [0.25, 0.3) is 22.0 Å². The van der Waals surface area contributed by atoms with Gasteiger partial charge in [-0.3, -0.25) is 4.98 Å². The van der Waals surface area contributed by atoms with Gasteiger partial charge in [-0.1, -0.05) is 6.07 Å². The van der Waals surface area contributed by atoms with Crippen molar-refractivity contribution in [2.24, 2.45) is 0 Å². The molecule has 5 rings (SSSR count). The number of hydrogen-bond acceptors (Lipinski definition) is 6. The number of nitrogens with one attached hydrogen (secondary N) is 1. The Hall–Kier alpha value is -2.73. The molecule has 0 amide bonds. The number of hydrogen-bond donors (Lipinski definition) is 2. The lowest BCUT2D eigenvalue weighted by Crippen LogP contribution is -2.31. The van der Waals surface area contributed by atoms with E-state index in [0.717, 1.165) is 41.4 Å². The summed E-state index contributed by atoms with van der Waals surface area (Å²) in [6, 6.07) is 7.77. The Morgan fingerprint density at radius 3 is 2.85 bits per heavy atom. The van der Waals surface area contributed by atoms with Crippen LogP contribution in [0.15, 0.2) is 36.7 Å². The van der Waals surface area contributed by atoms with Crippen LogP contribution in [0.2, 0.25) is 0 Å². The van der Waals surface area contributed by atoms with Crippen molar-refractivity contribution >= 4 is 16.6 Å². The SMILES string of the molecule is Cc1ccc(-c2nnc(NC3CC4CCC3O4)c3cnccc23)c(O)c1. The van der Waals surface area contributed by atoms with Crippen molar-refractivity contribution in [2.75, 3.05) is 5.32 Å². The second kappa shape index (κ2) is 5.92. The molecule has 3 aromatic rings. The Bertz CT molecular complexity index is 991. The summed E-state index contributed by atoms with van der Waals surface area (Å²) in [6.07, 6.45) is 7.43. The average molecular weight is 348 g/mol. The summed E-state index contributed by atoms with van der Waals surface area (Å²) < 4.78 is 5.93. The van der Waals surface area contributed by atoms with E-state index in [9.17, 15) is 5.11 Å². The fraction of sp³-hybridized carbons (Fsp3) is 0.350. The van der Waals surface area contributed by atoms with E-state index in [1.807, 2.05) is 25.1 Å². The molecule has 6 heteroatoms. The van der Waals surface area contributed by atoms with E-state index in [1.54, 1.807) is 18.5 Å². The highest BCUT2D eigenvalue weighted by Crippen LogP contribution is 2.38. The number of anilines is 1. The maximum atomic E-state index is 10.4. The zero-order valence-corrected chi connectivity index (χ0v) is 14.5. The van der Waals surface area contributed by atoms with Gasteiger partial charge in [-0.15, -0.1) is 10.2 Å². The van der Waals surface area contributed by atoms with Crippen molar-refractivity contribution in [1.29, 1.82) is 0 Å². The summed E-state index contributed by atoms with van der Waals surface area (Å²) in [5.74, 6) is 0.934. The molecule has 2 saturated heterocycles. The normalized spacial score (nSPS) is 24.3. The molecule has 3 atom stereocenters. The number of benzene rings is 1. The predicted molar refractivity (Wildman–Crippen MR) is 99.1 cm³/mol. The highest BCUT2D eigenvalue weighted by Gasteiger charge is 2.41. The molecule has 2 aromatic heterocycles. The van der Waals surface area contributed by atoms with E-state index in [1.165, 1.54) is 0 Å². The second-order valence-electron chi connectivity index (χ2n) is 7.20. The molecule has 0 spiro atoms. The van der Waals surface area contributed by atoms with E-state index in [2.05, 4.69) is 20.5 Å². The number of nitrogens with zero attached hydrogens (tertiary/aromatic N) is 3. The summed E-state index contributed by atoms with van der Waals surface area (Å²) in [5, 5.41) is 24.6. The predicted octanol–water partition coefficient (Wildman–Crippen LogP) is 3.44. The minimum atomic E-state index is 0.208. The van der Waals surface area contributed by atoms with Crippen molar-refractivity contribution in [1.82, 2.24) is 15.2 Å². The third-order valence-corrected chi connectivity index (χ3v) is 5.42. The monoisotopic (exact) mass is 348 g/mol. The van der Waals surface area contributed by atoms with Gasteiger partial charge in [0, 0.05) is 28.7 Å². The molecule has 2 aliphatic heterocycles. The van der Waals surface area contributed by atoms with Gasteiger partial charge in [0.1, 0.15) is 11.4 Å². The number of pyridine rings is 1. The quantitative estimate of drug-likeness (QED) is 0.755. The fourth-order valence-corrected chi connectivity index (χ4v) is 4.11. The molecule has 3 unspecified atom stereocenters. The van der Waals surface area contributed by atoms with Crippen LogP contribution in [0, 0.1) is 6.92 Å². The first-order valence-corrected chi connectivity index (χ1v) is 9.01. The molecule has 132 valence electrons. The molecule has 2 N–H and O–H groups in total. The van der Waals surface area contributed by atoms with Crippen molar-refractivity contribution in [2.45, 2.75) is 44.4 Å². The van der Waals surface area contributed by atoms with Crippen molar-refractivity contribution in [3.8, 4) is 17.0 Å². The van der Waals surface area contributed by atoms with E-state index in [4.69, 9.17) is 4.74 Å². The zero-order chi connectivity index (χ0) is 17.7. The van der Waals surface area contributed by atoms with Gasteiger partial charge in [-0.25, -0.2) is 0 Å². The van der Waals surface area contributed by atoms with Crippen molar-refractivity contribution in [3.05, 3.63) is 42.2 Å². The molecule has 2 fully saturated rings. The van der Waals surface area contributed by atoms with Crippen LogP contribution in [-0.4, -0.2) is 38.5 Å². The van der Waals surface area contributed by atoms with E-state index >= 15 is 0 Å². The molecule has 4 heterocycles.